The monoisotopic (exact) mass is 390 g/mol. The van der Waals surface area contributed by atoms with E-state index in [2.05, 4.69) is 26.5 Å². The van der Waals surface area contributed by atoms with Crippen molar-refractivity contribution in [2.45, 2.75) is 20.0 Å². The Kier molecular flexibility index (Phi) is 6.81. The Bertz CT molecular complexity index is 719. The van der Waals surface area contributed by atoms with E-state index in [9.17, 15) is 4.79 Å². The number of nitrogens with one attached hydrogen (secondary N) is 1. The van der Waals surface area contributed by atoms with Crippen LogP contribution in [0.15, 0.2) is 58.1 Å². The highest BCUT2D eigenvalue weighted by Gasteiger charge is 2.15. The highest BCUT2D eigenvalue weighted by Crippen LogP contribution is 2.24. The van der Waals surface area contributed by atoms with Gasteiger partial charge in [-0.25, -0.2) is 5.43 Å². The van der Waals surface area contributed by atoms with Crippen LogP contribution in [0.1, 0.15) is 19.4 Å². The van der Waals surface area contributed by atoms with Crippen LogP contribution >= 0.6 is 15.9 Å². The molecule has 1 amide bonds. The lowest BCUT2D eigenvalue weighted by Gasteiger charge is -2.14. The van der Waals surface area contributed by atoms with Crippen LogP contribution in [0.4, 0.5) is 0 Å². The molecule has 2 aromatic rings. The average Bonchev–Trinajstić information content (AvgIpc) is 2.58. The van der Waals surface area contributed by atoms with Crippen molar-refractivity contribution in [1.29, 1.82) is 0 Å². The van der Waals surface area contributed by atoms with Crippen LogP contribution in [-0.2, 0) is 4.79 Å². The summed E-state index contributed by atoms with van der Waals surface area (Å²) < 4.78 is 11.9. The lowest BCUT2D eigenvalue weighted by atomic mass is 10.2. The molecule has 6 heteroatoms. The van der Waals surface area contributed by atoms with Crippen molar-refractivity contribution in [2.75, 3.05) is 6.61 Å². The van der Waals surface area contributed by atoms with Crippen LogP contribution in [0.25, 0.3) is 0 Å². The van der Waals surface area contributed by atoms with Gasteiger partial charge in [-0.15, -0.1) is 0 Å². The van der Waals surface area contributed by atoms with E-state index in [0.717, 1.165) is 15.8 Å². The Morgan fingerprint density at radius 2 is 1.88 bits per heavy atom. The van der Waals surface area contributed by atoms with Gasteiger partial charge in [0.25, 0.3) is 5.91 Å². The van der Waals surface area contributed by atoms with Gasteiger partial charge in [-0.2, -0.15) is 5.10 Å². The molecule has 0 aromatic heterocycles. The van der Waals surface area contributed by atoms with E-state index >= 15 is 0 Å². The lowest BCUT2D eigenvalue weighted by Crippen LogP contribution is -2.33. The molecular weight excluding hydrogens is 372 g/mol. The maximum atomic E-state index is 12.1. The third kappa shape index (κ3) is 5.09. The van der Waals surface area contributed by atoms with Gasteiger partial charge in [0.05, 0.1) is 17.3 Å². The number of rotatable bonds is 7. The maximum Gasteiger partial charge on any atom is 0.280 e. The number of nitrogens with zero attached hydrogens (tertiary/aromatic N) is 1. The van der Waals surface area contributed by atoms with Crippen molar-refractivity contribution in [3.63, 3.8) is 0 Å². The number of hydrogen-bond donors (Lipinski definition) is 1. The zero-order valence-corrected chi connectivity index (χ0v) is 15.1. The smallest absolute Gasteiger partial charge is 0.280 e. The first-order valence-corrected chi connectivity index (χ1v) is 8.37. The van der Waals surface area contributed by atoms with Crippen molar-refractivity contribution >= 4 is 28.1 Å². The largest absolute Gasteiger partial charge is 0.493 e. The molecule has 5 nitrogen and oxygen atoms in total. The van der Waals surface area contributed by atoms with Gasteiger partial charge in [0.15, 0.2) is 6.10 Å². The summed E-state index contributed by atoms with van der Waals surface area (Å²) in [5.41, 5.74) is 3.27. The number of hydrogen-bond acceptors (Lipinski definition) is 4. The predicted octanol–water partition coefficient (Wildman–Crippen LogP) is 3.77. The predicted molar refractivity (Wildman–Crippen MR) is 97.6 cm³/mol. The second-order valence-corrected chi connectivity index (χ2v) is 5.75. The van der Waals surface area contributed by atoms with Gasteiger partial charge in [0.2, 0.25) is 0 Å². The van der Waals surface area contributed by atoms with Crippen molar-refractivity contribution < 1.29 is 14.3 Å². The maximum absolute atomic E-state index is 12.1. The topological polar surface area (TPSA) is 59.9 Å². The molecular formula is C18H19BrN2O3. The first-order chi connectivity index (χ1) is 11.6. The zero-order chi connectivity index (χ0) is 17.4. The highest BCUT2D eigenvalue weighted by atomic mass is 79.9. The van der Waals surface area contributed by atoms with Gasteiger partial charge in [0.1, 0.15) is 11.5 Å². The fourth-order valence-corrected chi connectivity index (χ4v) is 2.29. The van der Waals surface area contributed by atoms with Gasteiger partial charge in [-0.05, 0) is 54.0 Å². The van der Waals surface area contributed by atoms with Gasteiger partial charge in [-0.3, -0.25) is 4.79 Å². The van der Waals surface area contributed by atoms with Crippen molar-refractivity contribution in [3.8, 4) is 11.5 Å². The summed E-state index contributed by atoms with van der Waals surface area (Å²) in [7, 11) is 0. The van der Waals surface area contributed by atoms with Crippen LogP contribution in [-0.4, -0.2) is 24.8 Å². The van der Waals surface area contributed by atoms with E-state index in [1.54, 1.807) is 19.2 Å². The number of halogens is 1. The van der Waals surface area contributed by atoms with Crippen LogP contribution in [0.2, 0.25) is 0 Å². The molecule has 24 heavy (non-hydrogen) atoms. The number of carbonyl (C=O) groups excluding carboxylic acids is 1. The SMILES string of the molecule is CCOc1ccccc1C=NNC(=O)C(C)Oc1ccccc1Br. The molecule has 0 heterocycles. The van der Waals surface area contributed by atoms with E-state index in [0.29, 0.717) is 12.4 Å². The summed E-state index contributed by atoms with van der Waals surface area (Å²) in [6.45, 7) is 4.14. The number of ether oxygens (including phenoxy) is 2. The molecule has 1 N–H and O–H groups in total. The summed E-state index contributed by atoms with van der Waals surface area (Å²) >= 11 is 3.38. The number of amides is 1. The minimum atomic E-state index is -0.678. The molecule has 0 spiro atoms. The summed E-state index contributed by atoms with van der Waals surface area (Å²) in [6, 6.07) is 14.8. The van der Waals surface area contributed by atoms with Crippen LogP contribution in [0, 0.1) is 0 Å². The quantitative estimate of drug-likeness (QED) is 0.578. The molecule has 0 radical (unpaired) electrons. The van der Waals surface area contributed by atoms with E-state index in [-0.39, 0.29) is 5.91 Å². The van der Waals surface area contributed by atoms with Crippen molar-refractivity contribution in [3.05, 3.63) is 58.6 Å². The van der Waals surface area contributed by atoms with Crippen molar-refractivity contribution in [2.24, 2.45) is 5.10 Å². The molecule has 0 fully saturated rings. The van der Waals surface area contributed by atoms with E-state index in [4.69, 9.17) is 9.47 Å². The molecule has 126 valence electrons. The van der Waals surface area contributed by atoms with Gasteiger partial charge >= 0.3 is 0 Å². The fourth-order valence-electron chi connectivity index (χ4n) is 1.91. The number of hydrazone groups is 1. The Morgan fingerprint density at radius 1 is 1.21 bits per heavy atom. The lowest BCUT2D eigenvalue weighted by molar-refractivity contribution is -0.127. The second kappa shape index (κ2) is 9.08. The third-order valence-corrected chi connectivity index (χ3v) is 3.76. The fraction of sp³-hybridized carbons (Fsp3) is 0.222. The Balaban J connectivity index is 1.94. The van der Waals surface area contributed by atoms with Gasteiger partial charge in [0, 0.05) is 5.56 Å². The van der Waals surface area contributed by atoms with Crippen LogP contribution in [0.5, 0.6) is 11.5 Å². The minimum absolute atomic E-state index is 0.337. The minimum Gasteiger partial charge on any atom is -0.493 e. The highest BCUT2D eigenvalue weighted by molar-refractivity contribution is 9.10. The standard InChI is InChI=1S/C18H19BrN2O3/c1-3-23-16-10-6-4-8-14(16)12-20-21-18(22)13(2)24-17-11-7-5-9-15(17)19/h4-13H,3H2,1-2H3,(H,21,22). The number of carbonyl (C=O) groups is 1. The summed E-state index contributed by atoms with van der Waals surface area (Å²) in [4.78, 5) is 12.1. The number of para-hydroxylation sites is 2. The summed E-state index contributed by atoms with van der Waals surface area (Å²) in [6.07, 6.45) is 0.872. The average molecular weight is 391 g/mol. The van der Waals surface area contributed by atoms with E-state index in [1.807, 2.05) is 49.4 Å². The third-order valence-electron chi connectivity index (χ3n) is 3.11. The zero-order valence-electron chi connectivity index (χ0n) is 13.5. The first-order valence-electron chi connectivity index (χ1n) is 7.57. The molecule has 1 unspecified atom stereocenters. The molecule has 0 saturated carbocycles. The molecule has 1 atom stereocenters. The van der Waals surface area contributed by atoms with Crippen LogP contribution < -0.4 is 14.9 Å². The van der Waals surface area contributed by atoms with E-state index in [1.165, 1.54) is 0 Å². The summed E-state index contributed by atoms with van der Waals surface area (Å²) in [5, 5.41) is 3.97. The first kappa shape index (κ1) is 18.0. The number of benzene rings is 2. The van der Waals surface area contributed by atoms with Gasteiger partial charge < -0.3 is 9.47 Å². The normalized spacial score (nSPS) is 12.0. The Hall–Kier alpha value is -2.34. The Labute approximate surface area is 149 Å². The Morgan fingerprint density at radius 3 is 2.58 bits per heavy atom. The molecule has 0 saturated heterocycles. The molecule has 2 aromatic carbocycles. The van der Waals surface area contributed by atoms with Gasteiger partial charge in [-0.1, -0.05) is 24.3 Å². The van der Waals surface area contributed by atoms with Crippen molar-refractivity contribution in [1.82, 2.24) is 5.43 Å². The molecule has 0 aliphatic heterocycles. The van der Waals surface area contributed by atoms with Crippen LogP contribution in [0.3, 0.4) is 0 Å². The molecule has 0 bridgehead atoms. The second-order valence-electron chi connectivity index (χ2n) is 4.90. The summed E-state index contributed by atoms with van der Waals surface area (Å²) in [5.74, 6) is 0.984. The molecule has 0 aliphatic carbocycles. The molecule has 0 aliphatic rings. The molecule has 2 rings (SSSR count). The van der Waals surface area contributed by atoms with E-state index < -0.39 is 6.10 Å².